The number of benzene rings is 3. The van der Waals surface area contributed by atoms with Crippen LogP contribution in [0.4, 0.5) is 17.2 Å². The van der Waals surface area contributed by atoms with Gasteiger partial charge in [0.25, 0.3) is 0 Å². The van der Waals surface area contributed by atoms with Crippen molar-refractivity contribution in [2.75, 3.05) is 4.90 Å². The number of anilines is 3. The van der Waals surface area contributed by atoms with E-state index in [4.69, 9.17) is 9.97 Å². The van der Waals surface area contributed by atoms with Crippen LogP contribution < -0.4 is 4.90 Å². The maximum absolute atomic E-state index is 4.93. The quantitative estimate of drug-likeness (QED) is 0.187. The van der Waals surface area contributed by atoms with Gasteiger partial charge in [-0.2, -0.15) is 17.4 Å². The van der Waals surface area contributed by atoms with Crippen LogP contribution in [0.5, 0.6) is 0 Å². The zero-order valence-corrected chi connectivity index (χ0v) is 21.0. The number of rotatable bonds is 5. The first-order valence-corrected chi connectivity index (χ1v) is 11.4. The van der Waals surface area contributed by atoms with Crippen molar-refractivity contribution in [3.8, 4) is 16.4 Å². The van der Waals surface area contributed by atoms with E-state index in [1.54, 1.807) is 11.3 Å². The molecule has 0 saturated heterocycles. The Balaban J connectivity index is 0.00000241. The van der Waals surface area contributed by atoms with Crippen LogP contribution in [0.25, 0.3) is 26.6 Å². The Bertz CT molecular complexity index is 1490. The largest absolute Gasteiger partial charge is 2.00 e. The van der Waals surface area contributed by atoms with Crippen LogP contribution in [-0.4, -0.2) is 14.5 Å². The van der Waals surface area contributed by atoms with E-state index >= 15 is 0 Å². The van der Waals surface area contributed by atoms with Crippen LogP contribution in [-0.2, 0) is 21.1 Å². The number of para-hydroxylation sites is 2. The van der Waals surface area contributed by atoms with Crippen molar-refractivity contribution < 1.29 is 21.1 Å². The van der Waals surface area contributed by atoms with Gasteiger partial charge in [0.1, 0.15) is 5.82 Å². The van der Waals surface area contributed by atoms with Gasteiger partial charge in [-0.25, -0.2) is 0 Å². The van der Waals surface area contributed by atoms with Crippen LogP contribution in [0.2, 0.25) is 0 Å². The number of hydrogen-bond acceptors (Lipinski definition) is 4. The molecule has 6 heteroatoms. The molecule has 6 aromatic rings. The van der Waals surface area contributed by atoms with Crippen LogP contribution >= 0.6 is 11.3 Å². The minimum atomic E-state index is 0. The Labute approximate surface area is 216 Å². The van der Waals surface area contributed by atoms with Crippen molar-refractivity contribution in [3.63, 3.8) is 0 Å². The summed E-state index contributed by atoms with van der Waals surface area (Å²) in [4.78, 5) is 11.9. The molecule has 3 aromatic heterocycles. The first kappa shape index (κ1) is 22.3. The Morgan fingerprint density at radius 2 is 1.59 bits per heavy atom. The van der Waals surface area contributed by atoms with Gasteiger partial charge in [-0.3, -0.25) is 9.97 Å². The average Bonchev–Trinajstić information content (AvgIpc) is 3.56. The van der Waals surface area contributed by atoms with Gasteiger partial charge in [0.15, 0.2) is 0 Å². The van der Waals surface area contributed by atoms with Crippen molar-refractivity contribution in [3.05, 3.63) is 122 Å². The molecule has 3 heterocycles. The topological polar surface area (TPSA) is 34.0 Å². The number of hydrogen-bond donors (Lipinski definition) is 0. The van der Waals surface area contributed by atoms with Crippen LogP contribution in [0.3, 0.4) is 0 Å². The molecular weight excluding hydrogens is 619 g/mol. The molecule has 0 atom stereocenters. The maximum atomic E-state index is 4.93. The van der Waals surface area contributed by atoms with E-state index in [1.807, 2.05) is 83.6 Å². The summed E-state index contributed by atoms with van der Waals surface area (Å²) in [5.41, 5.74) is 3.88. The number of aromatic nitrogens is 3. The molecule has 0 aliphatic carbocycles. The number of thiazole rings is 1. The van der Waals surface area contributed by atoms with Crippen LogP contribution in [0.1, 0.15) is 0 Å². The van der Waals surface area contributed by atoms with E-state index in [1.165, 1.54) is 4.70 Å². The summed E-state index contributed by atoms with van der Waals surface area (Å²) in [6.07, 6.45) is 5.11. The van der Waals surface area contributed by atoms with Crippen molar-refractivity contribution in [2.45, 2.75) is 0 Å². The summed E-state index contributed by atoms with van der Waals surface area (Å²) in [6, 6.07) is 38.0. The summed E-state index contributed by atoms with van der Waals surface area (Å²) in [5, 5.41) is 0.953. The molecule has 6 rings (SSSR count). The second-order valence-electron chi connectivity index (χ2n) is 7.47. The molecule has 0 fully saturated rings. The second kappa shape index (κ2) is 9.76. The van der Waals surface area contributed by atoms with E-state index in [2.05, 4.69) is 47.5 Å². The van der Waals surface area contributed by atoms with Gasteiger partial charge in [-0.15, -0.1) is 42.1 Å². The minimum Gasteiger partial charge on any atom is -0.436 e. The molecule has 0 bridgehead atoms. The predicted molar refractivity (Wildman–Crippen MR) is 135 cm³/mol. The normalized spacial score (nSPS) is 10.7. The maximum Gasteiger partial charge on any atom is 2.00 e. The molecule has 0 saturated carbocycles. The fourth-order valence-corrected chi connectivity index (χ4v) is 4.73. The smallest absolute Gasteiger partial charge is 0.436 e. The van der Waals surface area contributed by atoms with Crippen molar-refractivity contribution in [2.24, 2.45) is 0 Å². The third-order valence-electron chi connectivity index (χ3n) is 5.30. The summed E-state index contributed by atoms with van der Waals surface area (Å²) >= 11 is 1.68. The van der Waals surface area contributed by atoms with E-state index in [0.29, 0.717) is 0 Å². The first-order valence-electron chi connectivity index (χ1n) is 10.6. The SMILES string of the molecule is [Pt+2].[c-]1c(-c2nc3ccccc3s2)cccc1N(c1ccccc1)c1cccc(-n2[c-]ccc2)n1. The minimum absolute atomic E-state index is 0. The Morgan fingerprint density at radius 1 is 0.765 bits per heavy atom. The molecule has 4 nitrogen and oxygen atoms in total. The van der Waals surface area contributed by atoms with E-state index < -0.39 is 0 Å². The Morgan fingerprint density at radius 3 is 2.41 bits per heavy atom. The standard InChI is InChI=1S/C28H18N4S.Pt/c1-2-11-22(12-3-1)32(27-17-9-16-26(30-27)31-18-6-7-19-31)23-13-8-10-21(20-23)28-29-24-14-4-5-15-25(24)33-28;/h1-18H;/q-2;+2. The Hall–Kier alpha value is -3.53. The van der Waals surface area contributed by atoms with E-state index in [-0.39, 0.29) is 21.1 Å². The number of fused-ring (bicyclic) bond motifs is 1. The average molecular weight is 638 g/mol. The molecule has 0 amide bonds. The molecule has 34 heavy (non-hydrogen) atoms. The molecule has 0 N–H and O–H groups in total. The predicted octanol–water partition coefficient (Wildman–Crippen LogP) is 7.22. The molecular formula is C28H18N4PtS. The van der Waals surface area contributed by atoms with Crippen molar-refractivity contribution in [1.82, 2.24) is 14.5 Å². The summed E-state index contributed by atoms with van der Waals surface area (Å²) in [7, 11) is 0. The van der Waals surface area contributed by atoms with Gasteiger partial charge in [-0.1, -0.05) is 48.7 Å². The molecule has 0 unspecified atom stereocenters. The molecule has 0 aliphatic heterocycles. The number of nitrogens with zero attached hydrogens (tertiary/aromatic N) is 4. The van der Waals surface area contributed by atoms with E-state index in [9.17, 15) is 0 Å². The van der Waals surface area contributed by atoms with Gasteiger partial charge in [0.05, 0.1) is 11.3 Å². The van der Waals surface area contributed by atoms with Gasteiger partial charge in [0.2, 0.25) is 0 Å². The fraction of sp³-hybridized carbons (Fsp3) is 0. The molecule has 0 radical (unpaired) electrons. The van der Waals surface area contributed by atoms with Crippen molar-refractivity contribution >= 4 is 38.7 Å². The van der Waals surface area contributed by atoms with Crippen LogP contribution in [0.15, 0.2) is 109 Å². The molecule has 166 valence electrons. The Kier molecular flexibility index (Phi) is 6.39. The van der Waals surface area contributed by atoms with Crippen LogP contribution in [0, 0.1) is 12.3 Å². The third kappa shape index (κ3) is 4.33. The van der Waals surface area contributed by atoms with Crippen molar-refractivity contribution in [1.29, 1.82) is 0 Å². The first-order chi connectivity index (χ1) is 16.3. The second-order valence-corrected chi connectivity index (χ2v) is 8.50. The summed E-state index contributed by atoms with van der Waals surface area (Å²) in [5.74, 6) is 1.61. The van der Waals surface area contributed by atoms with Gasteiger partial charge >= 0.3 is 21.1 Å². The fourth-order valence-electron chi connectivity index (χ4n) is 3.78. The van der Waals surface area contributed by atoms with Gasteiger partial charge < -0.3 is 9.47 Å². The van der Waals surface area contributed by atoms with Gasteiger partial charge in [-0.05, 0) is 36.0 Å². The zero-order valence-electron chi connectivity index (χ0n) is 17.9. The molecule has 0 aliphatic rings. The third-order valence-corrected chi connectivity index (χ3v) is 6.37. The summed E-state index contributed by atoms with van der Waals surface area (Å²) in [6.45, 7) is 0. The molecule has 3 aromatic carbocycles. The monoisotopic (exact) mass is 637 g/mol. The number of pyridine rings is 1. The zero-order chi connectivity index (χ0) is 22.0. The van der Waals surface area contributed by atoms with Gasteiger partial charge in [0, 0.05) is 15.4 Å². The molecule has 0 spiro atoms. The summed E-state index contributed by atoms with van der Waals surface area (Å²) < 4.78 is 3.05. The van der Waals surface area contributed by atoms with E-state index in [0.717, 1.165) is 39.1 Å².